The molecule has 2 rings (SSSR count). The van der Waals surface area contributed by atoms with E-state index in [1.807, 2.05) is 0 Å². The van der Waals surface area contributed by atoms with E-state index in [-0.39, 0.29) is 17.8 Å². The van der Waals surface area contributed by atoms with Crippen LogP contribution in [0.3, 0.4) is 0 Å². The summed E-state index contributed by atoms with van der Waals surface area (Å²) in [4.78, 5) is 12.0. The van der Waals surface area contributed by atoms with E-state index in [1.165, 1.54) is 6.26 Å². The lowest BCUT2D eigenvalue weighted by Crippen LogP contribution is -2.31. The van der Waals surface area contributed by atoms with Crippen LogP contribution < -0.4 is 5.32 Å². The molecule has 1 aliphatic heterocycles. The van der Waals surface area contributed by atoms with Gasteiger partial charge in [0.2, 0.25) is 0 Å². The zero-order chi connectivity index (χ0) is 14.6. The van der Waals surface area contributed by atoms with Crippen molar-refractivity contribution in [3.05, 3.63) is 35.4 Å². The molecule has 5 nitrogen and oxygen atoms in total. The minimum absolute atomic E-state index is 0.0557. The molecule has 110 valence electrons. The Hall–Kier alpha value is -1.40. The number of sulfone groups is 1. The first-order chi connectivity index (χ1) is 9.44. The Labute approximate surface area is 119 Å². The Morgan fingerprint density at radius 3 is 2.90 bits per heavy atom. The molecular formula is C14H19NO4S. The molecule has 1 saturated heterocycles. The van der Waals surface area contributed by atoms with Crippen LogP contribution >= 0.6 is 0 Å². The molecule has 1 fully saturated rings. The zero-order valence-corrected chi connectivity index (χ0v) is 12.3. The largest absolute Gasteiger partial charge is 0.376 e. The van der Waals surface area contributed by atoms with Gasteiger partial charge in [-0.15, -0.1) is 0 Å². The third-order valence-corrected chi connectivity index (χ3v) is 3.99. The number of benzene rings is 1. The summed E-state index contributed by atoms with van der Waals surface area (Å²) in [5.74, 6) is -0.254. The smallest absolute Gasteiger partial charge is 0.251 e. The molecule has 1 heterocycles. The second kappa shape index (κ2) is 6.37. The zero-order valence-electron chi connectivity index (χ0n) is 11.5. The summed E-state index contributed by atoms with van der Waals surface area (Å²) in [6, 6.07) is 6.70. The van der Waals surface area contributed by atoms with Crippen molar-refractivity contribution in [3.63, 3.8) is 0 Å². The van der Waals surface area contributed by atoms with Gasteiger partial charge < -0.3 is 10.1 Å². The van der Waals surface area contributed by atoms with E-state index in [2.05, 4.69) is 5.32 Å². The maximum absolute atomic E-state index is 12.0. The van der Waals surface area contributed by atoms with Crippen LogP contribution in [-0.4, -0.2) is 39.8 Å². The van der Waals surface area contributed by atoms with Crippen molar-refractivity contribution in [2.24, 2.45) is 0 Å². The molecule has 0 bridgehead atoms. The molecule has 0 aliphatic carbocycles. The van der Waals surface area contributed by atoms with E-state index in [1.54, 1.807) is 24.3 Å². The average Bonchev–Trinajstić information content (AvgIpc) is 2.87. The maximum Gasteiger partial charge on any atom is 0.251 e. The molecule has 1 atom stereocenters. The monoisotopic (exact) mass is 297 g/mol. The van der Waals surface area contributed by atoms with Gasteiger partial charge in [0.15, 0.2) is 9.84 Å². The summed E-state index contributed by atoms with van der Waals surface area (Å²) in [6.45, 7) is 1.25. The van der Waals surface area contributed by atoms with Crippen molar-refractivity contribution in [1.29, 1.82) is 0 Å². The molecule has 1 aliphatic rings. The number of carbonyl (C=O) groups is 1. The van der Waals surface area contributed by atoms with Crippen molar-refractivity contribution >= 4 is 15.7 Å². The molecule has 0 saturated carbocycles. The lowest BCUT2D eigenvalue weighted by Gasteiger charge is -2.11. The van der Waals surface area contributed by atoms with Gasteiger partial charge in [-0.05, 0) is 30.5 Å². The number of rotatable bonds is 5. The van der Waals surface area contributed by atoms with Crippen molar-refractivity contribution in [2.75, 3.05) is 19.4 Å². The molecule has 1 aromatic rings. The first kappa shape index (κ1) is 15.0. The minimum Gasteiger partial charge on any atom is -0.376 e. The lowest BCUT2D eigenvalue weighted by atomic mass is 10.1. The van der Waals surface area contributed by atoms with Crippen LogP contribution in [-0.2, 0) is 20.3 Å². The van der Waals surface area contributed by atoms with Gasteiger partial charge in [-0.2, -0.15) is 0 Å². The van der Waals surface area contributed by atoms with Gasteiger partial charge in [-0.3, -0.25) is 4.79 Å². The Kier molecular flexibility index (Phi) is 4.77. The highest BCUT2D eigenvalue weighted by Crippen LogP contribution is 2.12. The first-order valence-corrected chi connectivity index (χ1v) is 8.66. The summed E-state index contributed by atoms with van der Waals surface area (Å²) in [5.41, 5.74) is 1.10. The molecule has 1 N–H and O–H groups in total. The van der Waals surface area contributed by atoms with Crippen molar-refractivity contribution in [1.82, 2.24) is 5.32 Å². The Balaban J connectivity index is 1.96. The van der Waals surface area contributed by atoms with Crippen LogP contribution in [0.1, 0.15) is 28.8 Å². The number of hydrogen-bond acceptors (Lipinski definition) is 4. The van der Waals surface area contributed by atoms with Gasteiger partial charge in [0.25, 0.3) is 5.91 Å². The summed E-state index contributed by atoms with van der Waals surface area (Å²) < 4.78 is 28.0. The van der Waals surface area contributed by atoms with Gasteiger partial charge >= 0.3 is 0 Å². The van der Waals surface area contributed by atoms with E-state index in [0.717, 1.165) is 19.4 Å². The third kappa shape index (κ3) is 4.61. The first-order valence-electron chi connectivity index (χ1n) is 6.60. The fourth-order valence-corrected chi connectivity index (χ4v) is 3.00. The second-order valence-electron chi connectivity index (χ2n) is 5.12. The molecule has 20 heavy (non-hydrogen) atoms. The predicted molar refractivity (Wildman–Crippen MR) is 76.3 cm³/mol. The molecule has 0 aromatic heterocycles. The van der Waals surface area contributed by atoms with E-state index < -0.39 is 9.84 Å². The van der Waals surface area contributed by atoms with Gasteiger partial charge in [0.1, 0.15) is 0 Å². The normalized spacial score (nSPS) is 18.9. The number of carbonyl (C=O) groups excluding carboxylic acids is 1. The van der Waals surface area contributed by atoms with Crippen molar-refractivity contribution in [2.45, 2.75) is 24.7 Å². The molecule has 1 amide bonds. The van der Waals surface area contributed by atoms with E-state index in [0.29, 0.717) is 17.7 Å². The van der Waals surface area contributed by atoms with Crippen LogP contribution in [0, 0.1) is 0 Å². The summed E-state index contributed by atoms with van der Waals surface area (Å²) in [6.07, 6.45) is 3.27. The van der Waals surface area contributed by atoms with Crippen molar-refractivity contribution in [3.8, 4) is 0 Å². The van der Waals surface area contributed by atoms with Crippen LogP contribution in [0.4, 0.5) is 0 Å². The molecule has 0 radical (unpaired) electrons. The maximum atomic E-state index is 12.0. The van der Waals surface area contributed by atoms with Gasteiger partial charge in [-0.1, -0.05) is 12.1 Å². The molecule has 1 aromatic carbocycles. The Morgan fingerprint density at radius 2 is 2.25 bits per heavy atom. The van der Waals surface area contributed by atoms with E-state index >= 15 is 0 Å². The highest BCUT2D eigenvalue weighted by molar-refractivity contribution is 7.89. The molecule has 1 unspecified atom stereocenters. The highest BCUT2D eigenvalue weighted by atomic mass is 32.2. The second-order valence-corrected chi connectivity index (χ2v) is 7.26. The Bertz CT molecular complexity index is 577. The standard InChI is InChI=1S/C14H19NO4S/c1-20(17,18)10-11-4-2-5-12(8-11)14(16)15-9-13-6-3-7-19-13/h2,4-5,8,13H,3,6-7,9-10H2,1H3,(H,15,16). The molecule has 0 spiro atoms. The summed E-state index contributed by atoms with van der Waals surface area (Å²) in [7, 11) is -3.10. The van der Waals surface area contributed by atoms with E-state index in [9.17, 15) is 13.2 Å². The predicted octanol–water partition coefficient (Wildman–Crippen LogP) is 1.14. The minimum atomic E-state index is -3.10. The quantitative estimate of drug-likeness (QED) is 0.884. The number of hydrogen-bond donors (Lipinski definition) is 1. The summed E-state index contributed by atoms with van der Waals surface area (Å²) >= 11 is 0. The lowest BCUT2D eigenvalue weighted by molar-refractivity contribution is 0.0857. The molecule has 6 heteroatoms. The van der Waals surface area contributed by atoms with Crippen molar-refractivity contribution < 1.29 is 17.9 Å². The molecular weight excluding hydrogens is 278 g/mol. The highest BCUT2D eigenvalue weighted by Gasteiger charge is 2.17. The SMILES string of the molecule is CS(=O)(=O)Cc1cccc(C(=O)NCC2CCCO2)c1. The van der Waals surface area contributed by atoms with Gasteiger partial charge in [0.05, 0.1) is 11.9 Å². The van der Waals surface area contributed by atoms with Crippen LogP contribution in [0.15, 0.2) is 24.3 Å². The third-order valence-electron chi connectivity index (χ3n) is 3.13. The van der Waals surface area contributed by atoms with E-state index in [4.69, 9.17) is 4.74 Å². The number of ether oxygens (including phenoxy) is 1. The van der Waals surface area contributed by atoms with Crippen LogP contribution in [0.25, 0.3) is 0 Å². The fourth-order valence-electron chi connectivity index (χ4n) is 2.22. The van der Waals surface area contributed by atoms with Crippen LogP contribution in [0.5, 0.6) is 0 Å². The Morgan fingerprint density at radius 1 is 1.45 bits per heavy atom. The number of nitrogens with one attached hydrogen (secondary N) is 1. The topological polar surface area (TPSA) is 72.5 Å². The van der Waals surface area contributed by atoms with Crippen LogP contribution in [0.2, 0.25) is 0 Å². The number of amides is 1. The average molecular weight is 297 g/mol. The fraction of sp³-hybridized carbons (Fsp3) is 0.500. The van der Waals surface area contributed by atoms with Gasteiger partial charge in [-0.25, -0.2) is 8.42 Å². The van der Waals surface area contributed by atoms with Gasteiger partial charge in [0, 0.05) is 25.0 Å². The summed E-state index contributed by atoms with van der Waals surface area (Å²) in [5, 5.41) is 2.82.